The maximum absolute atomic E-state index is 13.8. The average molecular weight is 411 g/mol. The molecule has 0 atom stereocenters. The number of rotatable bonds is 6. The summed E-state index contributed by atoms with van der Waals surface area (Å²) in [6.07, 6.45) is 0.313. The van der Waals surface area contributed by atoms with E-state index in [1.54, 1.807) is 29.3 Å². The van der Waals surface area contributed by atoms with Crippen molar-refractivity contribution in [3.8, 4) is 11.3 Å². The standard InChI is InChI=1S/C18H13ClF2N2OS2/c19-11-1-4-13(5-2-11)25-8-7-17(24)23-18-22-16(10-26-18)14-6-3-12(20)9-15(14)21/h1-6,9-10H,7-8H2,(H,22,23,24). The number of halogens is 3. The van der Waals surface area contributed by atoms with Crippen LogP contribution >= 0.6 is 34.7 Å². The van der Waals surface area contributed by atoms with Crippen LogP contribution in [0, 0.1) is 11.6 Å². The number of thioether (sulfide) groups is 1. The van der Waals surface area contributed by atoms with Gasteiger partial charge in [0.05, 0.1) is 5.69 Å². The lowest BCUT2D eigenvalue weighted by Gasteiger charge is -2.03. The summed E-state index contributed by atoms with van der Waals surface area (Å²) in [5.74, 6) is -0.897. The Morgan fingerprint density at radius 2 is 1.96 bits per heavy atom. The molecule has 1 amide bonds. The first-order valence-electron chi connectivity index (χ1n) is 7.60. The maximum atomic E-state index is 13.8. The highest BCUT2D eigenvalue weighted by atomic mass is 35.5. The summed E-state index contributed by atoms with van der Waals surface area (Å²) in [6, 6.07) is 10.7. The Bertz CT molecular complexity index is 916. The number of aromatic nitrogens is 1. The van der Waals surface area contributed by atoms with Gasteiger partial charge in [-0.05, 0) is 36.4 Å². The fourth-order valence-corrected chi connectivity index (χ4v) is 3.83. The molecule has 1 aromatic heterocycles. The van der Waals surface area contributed by atoms with E-state index in [-0.39, 0.29) is 11.5 Å². The SMILES string of the molecule is O=C(CCSc1ccc(Cl)cc1)Nc1nc(-c2ccc(F)cc2F)cs1. The van der Waals surface area contributed by atoms with Crippen LogP contribution in [0.2, 0.25) is 5.02 Å². The number of carbonyl (C=O) groups excluding carboxylic acids is 1. The molecular formula is C18H13ClF2N2OS2. The van der Waals surface area contributed by atoms with Gasteiger partial charge in [0.15, 0.2) is 5.13 Å². The molecule has 3 aromatic rings. The van der Waals surface area contributed by atoms with Crippen LogP contribution < -0.4 is 5.32 Å². The maximum Gasteiger partial charge on any atom is 0.226 e. The van der Waals surface area contributed by atoms with E-state index in [4.69, 9.17) is 11.6 Å². The molecule has 1 N–H and O–H groups in total. The topological polar surface area (TPSA) is 42.0 Å². The number of carbonyl (C=O) groups is 1. The van der Waals surface area contributed by atoms with Crippen molar-refractivity contribution in [2.75, 3.05) is 11.1 Å². The summed E-state index contributed by atoms with van der Waals surface area (Å²) >= 11 is 8.57. The zero-order valence-corrected chi connectivity index (χ0v) is 15.7. The van der Waals surface area contributed by atoms with Crippen LogP contribution in [0.5, 0.6) is 0 Å². The van der Waals surface area contributed by atoms with Crippen LogP contribution in [0.25, 0.3) is 11.3 Å². The van der Waals surface area contributed by atoms with Crippen molar-refractivity contribution in [1.29, 1.82) is 0 Å². The molecule has 0 fully saturated rings. The molecule has 1 heterocycles. The Morgan fingerprint density at radius 1 is 1.19 bits per heavy atom. The van der Waals surface area contributed by atoms with E-state index in [1.807, 2.05) is 12.1 Å². The molecule has 0 unspecified atom stereocenters. The number of amides is 1. The number of nitrogens with zero attached hydrogens (tertiary/aromatic N) is 1. The molecule has 2 aromatic carbocycles. The number of thiazole rings is 1. The Labute approximate surface area is 162 Å². The summed E-state index contributed by atoms with van der Waals surface area (Å²) in [5.41, 5.74) is 0.555. The van der Waals surface area contributed by atoms with Crippen molar-refractivity contribution in [2.45, 2.75) is 11.3 Å². The Hall–Kier alpha value is -1.96. The third kappa shape index (κ3) is 5.03. The van der Waals surface area contributed by atoms with Gasteiger partial charge < -0.3 is 5.32 Å². The van der Waals surface area contributed by atoms with Crippen LogP contribution in [0.4, 0.5) is 13.9 Å². The van der Waals surface area contributed by atoms with Gasteiger partial charge in [0.25, 0.3) is 0 Å². The number of hydrogen-bond donors (Lipinski definition) is 1. The molecule has 0 aliphatic rings. The Kier molecular flexibility index (Phi) is 6.24. The lowest BCUT2D eigenvalue weighted by Crippen LogP contribution is -2.11. The number of benzene rings is 2. The van der Waals surface area contributed by atoms with Crippen molar-refractivity contribution < 1.29 is 13.6 Å². The van der Waals surface area contributed by atoms with Gasteiger partial charge in [-0.3, -0.25) is 4.79 Å². The van der Waals surface area contributed by atoms with Crippen molar-refractivity contribution in [3.63, 3.8) is 0 Å². The lowest BCUT2D eigenvalue weighted by atomic mass is 10.1. The van der Waals surface area contributed by atoms with Crippen LogP contribution in [0.1, 0.15) is 6.42 Å². The molecule has 0 spiro atoms. The molecule has 0 bridgehead atoms. The summed E-state index contributed by atoms with van der Waals surface area (Å²) in [5, 5.41) is 5.37. The number of hydrogen-bond acceptors (Lipinski definition) is 4. The van der Waals surface area contributed by atoms with Crippen molar-refractivity contribution in [3.05, 3.63) is 64.5 Å². The van der Waals surface area contributed by atoms with Gasteiger partial charge in [-0.2, -0.15) is 0 Å². The smallest absolute Gasteiger partial charge is 0.226 e. The van der Waals surface area contributed by atoms with Gasteiger partial charge >= 0.3 is 0 Å². The van der Waals surface area contributed by atoms with E-state index < -0.39 is 11.6 Å². The first-order valence-corrected chi connectivity index (χ1v) is 9.85. The predicted octanol–water partition coefficient (Wildman–Crippen LogP) is 5.86. The molecule has 0 saturated carbocycles. The highest BCUT2D eigenvalue weighted by Gasteiger charge is 2.12. The average Bonchev–Trinajstić information content (AvgIpc) is 3.04. The largest absolute Gasteiger partial charge is 0.302 e. The fourth-order valence-electron chi connectivity index (χ4n) is 2.13. The Morgan fingerprint density at radius 3 is 2.69 bits per heavy atom. The third-order valence-corrected chi connectivity index (χ3v) is 5.39. The predicted molar refractivity (Wildman–Crippen MR) is 103 cm³/mol. The van der Waals surface area contributed by atoms with E-state index in [0.717, 1.165) is 11.0 Å². The molecule has 0 aliphatic carbocycles. The lowest BCUT2D eigenvalue weighted by molar-refractivity contribution is -0.115. The summed E-state index contributed by atoms with van der Waals surface area (Å²) in [6.45, 7) is 0. The highest BCUT2D eigenvalue weighted by Crippen LogP contribution is 2.27. The highest BCUT2D eigenvalue weighted by molar-refractivity contribution is 7.99. The fraction of sp³-hybridized carbons (Fsp3) is 0.111. The van der Waals surface area contributed by atoms with Crippen molar-refractivity contribution in [1.82, 2.24) is 4.98 Å². The van der Waals surface area contributed by atoms with E-state index in [2.05, 4.69) is 10.3 Å². The second-order valence-corrected chi connectivity index (χ2v) is 7.73. The quantitative estimate of drug-likeness (QED) is 0.517. The molecule has 0 radical (unpaired) electrons. The van der Waals surface area contributed by atoms with Gasteiger partial charge in [0, 0.05) is 39.1 Å². The summed E-state index contributed by atoms with van der Waals surface area (Å²) < 4.78 is 26.8. The molecule has 0 saturated heterocycles. The van der Waals surface area contributed by atoms with Gasteiger partial charge in [0.2, 0.25) is 5.91 Å². The van der Waals surface area contributed by atoms with Gasteiger partial charge in [-0.15, -0.1) is 23.1 Å². The zero-order chi connectivity index (χ0) is 18.5. The van der Waals surface area contributed by atoms with Gasteiger partial charge in [-0.1, -0.05) is 11.6 Å². The Balaban J connectivity index is 1.53. The monoisotopic (exact) mass is 410 g/mol. The zero-order valence-electron chi connectivity index (χ0n) is 13.3. The van der Waals surface area contributed by atoms with Crippen LogP contribution in [-0.4, -0.2) is 16.6 Å². The molecule has 0 aliphatic heterocycles. The van der Waals surface area contributed by atoms with Crippen molar-refractivity contribution in [2.24, 2.45) is 0 Å². The summed E-state index contributed by atoms with van der Waals surface area (Å²) in [7, 11) is 0. The third-order valence-electron chi connectivity index (χ3n) is 3.37. The number of nitrogens with one attached hydrogen (secondary N) is 1. The van der Waals surface area contributed by atoms with Crippen LogP contribution in [0.3, 0.4) is 0 Å². The molecule has 134 valence electrons. The van der Waals surface area contributed by atoms with Gasteiger partial charge in [-0.25, -0.2) is 13.8 Å². The van der Waals surface area contributed by atoms with Crippen LogP contribution in [0.15, 0.2) is 52.7 Å². The summed E-state index contributed by atoms with van der Waals surface area (Å²) in [4.78, 5) is 17.2. The van der Waals surface area contributed by atoms with E-state index in [0.29, 0.717) is 28.0 Å². The number of anilines is 1. The minimum absolute atomic E-state index is 0.174. The van der Waals surface area contributed by atoms with E-state index >= 15 is 0 Å². The second-order valence-electron chi connectivity index (χ2n) is 5.26. The molecular weight excluding hydrogens is 398 g/mol. The van der Waals surface area contributed by atoms with Gasteiger partial charge in [0.1, 0.15) is 11.6 Å². The molecule has 3 rings (SSSR count). The normalized spacial score (nSPS) is 10.7. The minimum atomic E-state index is -0.687. The second kappa shape index (κ2) is 8.62. The first-order chi connectivity index (χ1) is 12.5. The molecule has 3 nitrogen and oxygen atoms in total. The first kappa shape index (κ1) is 18.8. The van der Waals surface area contributed by atoms with E-state index in [9.17, 15) is 13.6 Å². The van der Waals surface area contributed by atoms with Crippen molar-refractivity contribution >= 4 is 45.7 Å². The molecule has 8 heteroatoms. The molecule has 26 heavy (non-hydrogen) atoms. The van der Waals surface area contributed by atoms with E-state index in [1.165, 1.54) is 23.5 Å². The minimum Gasteiger partial charge on any atom is -0.302 e. The van der Waals surface area contributed by atoms with Crippen LogP contribution in [-0.2, 0) is 4.79 Å².